The van der Waals surface area contributed by atoms with Crippen LogP contribution in [-0.4, -0.2) is 257 Å². The highest BCUT2D eigenvalue weighted by Gasteiger charge is 2.42. The predicted octanol–water partition coefficient (Wildman–Crippen LogP) is 19.4. The van der Waals surface area contributed by atoms with Crippen LogP contribution >= 0.6 is 92.2 Å². The molecule has 131 heavy (non-hydrogen) atoms. The topological polar surface area (TPSA) is 211 Å². The SMILES string of the molecule is CC(=O)C1CC1.CC(C1CC1)N1CCN(c2cc(I)c(Cl)c(F)n2)[C@@H](C)C1.CC(C1CC1)N1CCN(c2ccc(Cl)c(F)n2)[C@@H](C)C1.C[C@@H](C1CC1)N1CCN(c2cc(N)c(Cl)c(F)n2)[C@@H](C)C1.C[C@H](C1CC1)N1CCN(c2cc(N)c(Cl)c(F)n2)[C@@H](C)C1.C[C@H]1CNCCN1c1ccc(Cl)c(F)n1.Cc1cc(N2CCN(C(C)C3CC3)C[C@@H]2C)nc(F)c1Cl.O=CC(F)(F)F. The van der Waals surface area contributed by atoms with Crippen molar-refractivity contribution in [3.05, 3.63) is 123 Å². The van der Waals surface area contributed by atoms with Crippen LogP contribution in [-0.2, 0) is 9.59 Å². The number of aldehydes is 1. The lowest BCUT2D eigenvalue weighted by Gasteiger charge is -2.43. The lowest BCUT2D eigenvalue weighted by Crippen LogP contribution is -2.55. The molecular formula is C93H130Cl6F9IN20O2. The van der Waals surface area contributed by atoms with Gasteiger partial charge in [0, 0.05) is 206 Å². The highest BCUT2D eigenvalue weighted by Crippen LogP contribution is 2.43. The monoisotopic (exact) mass is 2070 g/mol. The maximum Gasteiger partial charge on any atom is 0.446 e. The summed E-state index contributed by atoms with van der Waals surface area (Å²) in [6.07, 6.45) is 10.3. The Labute approximate surface area is 810 Å². The summed E-state index contributed by atoms with van der Waals surface area (Å²) in [6, 6.07) is 19.0. The Kier molecular flexibility index (Phi) is 38.4. The van der Waals surface area contributed by atoms with Gasteiger partial charge in [-0.25, -0.2) is 29.9 Å². The van der Waals surface area contributed by atoms with Gasteiger partial charge in [-0.3, -0.25) is 34.1 Å². The number of carbonyl (C=O) groups is 2. The molecule has 6 saturated heterocycles. The minimum Gasteiger partial charge on any atom is -0.397 e. The smallest absolute Gasteiger partial charge is 0.397 e. The van der Waals surface area contributed by atoms with Gasteiger partial charge < -0.3 is 46.2 Å². The molecule has 6 aromatic heterocycles. The number of pyridine rings is 6. The lowest BCUT2D eigenvalue weighted by atomic mass is 10.1. The number of aromatic nitrogens is 6. The molecule has 12 aliphatic rings. The zero-order valence-electron chi connectivity index (χ0n) is 77.3. The van der Waals surface area contributed by atoms with E-state index in [9.17, 15) is 44.3 Å². The van der Waals surface area contributed by atoms with E-state index in [0.717, 1.165) is 169 Å². The zero-order chi connectivity index (χ0) is 95.5. The van der Waals surface area contributed by atoms with E-state index < -0.39 is 48.1 Å². The van der Waals surface area contributed by atoms with Crippen molar-refractivity contribution in [2.45, 2.75) is 240 Å². The summed E-state index contributed by atoms with van der Waals surface area (Å²) in [5.74, 6) is 5.47. The van der Waals surface area contributed by atoms with Gasteiger partial charge in [-0.1, -0.05) is 69.6 Å². The first-order chi connectivity index (χ1) is 62.0. The molecule has 0 amide bonds. The van der Waals surface area contributed by atoms with Crippen molar-refractivity contribution < 1.29 is 49.1 Å². The second-order valence-corrected chi connectivity index (χ2v) is 41.1. The molecule has 0 radical (unpaired) electrons. The van der Waals surface area contributed by atoms with E-state index in [4.69, 9.17) is 85.9 Å². The number of hydrogen-bond donors (Lipinski definition) is 3. The number of ketones is 1. The van der Waals surface area contributed by atoms with Gasteiger partial charge in [-0.15, -0.1) is 0 Å². The third kappa shape index (κ3) is 29.9. The molecule has 6 aromatic rings. The standard InChI is InChI=1S/C16H23ClFN3.C15H20ClFIN3.2C15H22ClFN4.C15H21ClFN3.C10H13ClFN3.C5H8O.C2HF3O/c1-10-8-14(19-16(18)15(10)17)21-7-6-20(9-11(21)2)12(3)13-4-5-13;3*1-9-8-20(10(2)11-3-4-11)5-6-21(9)13-7-12(18)14(16)15(17)19-13;1-10-9-19(11(2)12-3-4-12)7-8-20(10)14-6-5-13(16)15(17)18-14;1-7-6-13-4-5-15(7)9-3-2-8(11)10(12)14-9;1-4(6)5-2-3-5;3-2(4,5)1-6/h8,11-13H,4-7,9H2,1-3H3;7,9-11H,3-6,8H2,1-2H3;2*7,9-11H,3-6,8H2,1-2H3,(H2,18,19);5-6,10-12H,3-4,7-9H2,1-2H3;2-3,7,13H,4-6H2,1H3;5H,2-3H2,1H3;1H/t11-,12?;9-,10?;9-,10+;9-,10-;10-,11?;7-;;/m000000../s1. The fourth-order valence-electron chi connectivity index (χ4n) is 18.3. The van der Waals surface area contributed by atoms with Crippen LogP contribution in [0.3, 0.4) is 0 Å². The molecule has 726 valence electrons. The Balaban J connectivity index is 0.000000148. The van der Waals surface area contributed by atoms with Crippen LogP contribution in [0.15, 0.2) is 48.5 Å². The third-order valence-corrected chi connectivity index (χ3v) is 30.9. The summed E-state index contributed by atoms with van der Waals surface area (Å²) >= 11 is 36.6. The summed E-state index contributed by atoms with van der Waals surface area (Å²) < 4.78 is 114. The van der Waals surface area contributed by atoms with E-state index in [1.165, 1.54) is 64.2 Å². The predicted molar refractivity (Wildman–Crippen MR) is 520 cm³/mol. The average Bonchev–Trinajstić information content (AvgIpc) is 1.78. The first-order valence-corrected chi connectivity index (χ1v) is 49.6. The quantitative estimate of drug-likeness (QED) is 0.0335. The van der Waals surface area contributed by atoms with Gasteiger partial charge >= 0.3 is 6.18 Å². The van der Waals surface area contributed by atoms with Gasteiger partial charge in [-0.05, 0) is 261 Å². The molecule has 38 heteroatoms. The molecule has 0 spiro atoms. The maximum atomic E-state index is 13.8. The molecule has 3 unspecified atom stereocenters. The van der Waals surface area contributed by atoms with Crippen molar-refractivity contribution in [3.63, 3.8) is 0 Å². The largest absolute Gasteiger partial charge is 0.446 e. The number of aryl methyl sites for hydroxylation is 1. The number of nitrogens with zero attached hydrogens (tertiary/aromatic N) is 17. The number of rotatable bonds is 17. The number of anilines is 8. The number of Topliss-reactive ketones (excluding diaryl/α,β-unsaturated/α-hetero) is 1. The summed E-state index contributed by atoms with van der Waals surface area (Å²) in [7, 11) is 0. The van der Waals surface area contributed by atoms with Crippen molar-refractivity contribution in [3.8, 4) is 0 Å². The Morgan fingerprint density at radius 1 is 0.405 bits per heavy atom. The fourth-order valence-corrected chi connectivity index (χ4v) is 19.4. The Morgan fingerprint density at radius 2 is 0.672 bits per heavy atom. The van der Waals surface area contributed by atoms with Gasteiger partial charge in [0.15, 0.2) is 0 Å². The molecule has 11 atom stereocenters. The van der Waals surface area contributed by atoms with Crippen molar-refractivity contribution in [2.24, 2.45) is 35.5 Å². The maximum absolute atomic E-state index is 13.8. The van der Waals surface area contributed by atoms with Crippen molar-refractivity contribution in [2.75, 3.05) is 159 Å². The number of carbonyl (C=O) groups excluding carboxylic acids is 2. The number of nitrogen functional groups attached to an aromatic ring is 2. The van der Waals surface area contributed by atoms with Crippen LogP contribution < -0.4 is 46.2 Å². The molecule has 12 heterocycles. The Bertz CT molecular complexity index is 4310. The highest BCUT2D eigenvalue weighted by molar-refractivity contribution is 14.1. The number of alkyl halides is 3. The number of piperazine rings is 6. The molecule has 6 saturated carbocycles. The molecule has 5 N–H and O–H groups in total. The minimum absolute atomic E-state index is 0.0709. The van der Waals surface area contributed by atoms with Crippen molar-refractivity contribution in [1.29, 1.82) is 0 Å². The number of nitrogens with two attached hydrogens (primary N) is 2. The normalized spacial score (nSPS) is 24.0. The second kappa shape index (κ2) is 47.5. The van der Waals surface area contributed by atoms with E-state index >= 15 is 0 Å². The van der Waals surface area contributed by atoms with E-state index in [-0.39, 0.29) is 53.6 Å². The van der Waals surface area contributed by atoms with Gasteiger partial charge in [0.05, 0.1) is 26.4 Å². The molecule has 12 fully saturated rings. The highest BCUT2D eigenvalue weighted by atomic mass is 127. The first-order valence-electron chi connectivity index (χ1n) is 46.2. The Hall–Kier alpha value is -5.76. The molecule has 6 aliphatic heterocycles. The Morgan fingerprint density at radius 3 is 0.908 bits per heavy atom. The molecule has 0 bridgehead atoms. The fraction of sp³-hybridized carbons (Fsp3) is 0.656. The van der Waals surface area contributed by atoms with Gasteiger partial charge in [0.25, 0.3) is 0 Å². The third-order valence-electron chi connectivity index (χ3n) is 27.6. The van der Waals surface area contributed by atoms with Gasteiger partial charge in [-0.2, -0.15) is 39.5 Å². The van der Waals surface area contributed by atoms with E-state index in [1.54, 1.807) is 37.3 Å². The van der Waals surface area contributed by atoms with Crippen LogP contribution in [0, 0.1) is 81.7 Å². The molecule has 22 nitrogen and oxygen atoms in total. The lowest BCUT2D eigenvalue weighted by molar-refractivity contribution is -0.156. The van der Waals surface area contributed by atoms with Crippen LogP contribution in [0.4, 0.5) is 85.8 Å². The summed E-state index contributed by atoms with van der Waals surface area (Å²) in [5.41, 5.74) is 12.7. The first kappa shape index (κ1) is 106. The summed E-state index contributed by atoms with van der Waals surface area (Å²) in [4.78, 5) is 68.3. The van der Waals surface area contributed by atoms with Crippen LogP contribution in [0.5, 0.6) is 0 Å². The minimum atomic E-state index is -4.64. The molecule has 18 rings (SSSR count). The number of halogens is 16. The van der Waals surface area contributed by atoms with E-state index in [2.05, 4.69) is 188 Å². The van der Waals surface area contributed by atoms with Crippen LogP contribution in [0.25, 0.3) is 0 Å². The molecule has 6 aliphatic carbocycles. The molecular weight excluding hydrogens is 1940 g/mol. The van der Waals surface area contributed by atoms with E-state index in [0.29, 0.717) is 101 Å². The van der Waals surface area contributed by atoms with Crippen molar-refractivity contribution in [1.82, 2.24) is 59.7 Å². The molecule has 0 aromatic carbocycles. The number of nitrogens with one attached hydrogen (secondary N) is 1. The van der Waals surface area contributed by atoms with Gasteiger partial charge in [0.2, 0.25) is 42.0 Å². The average molecular weight is 2070 g/mol. The van der Waals surface area contributed by atoms with E-state index in [1.807, 2.05) is 25.1 Å². The summed E-state index contributed by atoms with van der Waals surface area (Å²) in [5, 5.41) is 3.50. The summed E-state index contributed by atoms with van der Waals surface area (Å²) in [6.45, 7) is 45.1. The van der Waals surface area contributed by atoms with Crippen molar-refractivity contribution >= 4 is 151 Å². The number of hydrogen-bond acceptors (Lipinski definition) is 22. The second-order valence-electron chi connectivity index (χ2n) is 37.6. The van der Waals surface area contributed by atoms with Crippen LogP contribution in [0.1, 0.15) is 166 Å². The van der Waals surface area contributed by atoms with Gasteiger partial charge in [0.1, 0.15) is 55.8 Å². The zero-order valence-corrected chi connectivity index (χ0v) is 84.0. The van der Waals surface area contributed by atoms with Crippen LogP contribution in [0.2, 0.25) is 30.1 Å².